The third kappa shape index (κ3) is 1.94. The largest absolute Gasteiger partial charge is 0.496 e. The summed E-state index contributed by atoms with van der Waals surface area (Å²) in [5, 5.41) is 9.35. The lowest BCUT2D eigenvalue weighted by atomic mass is 9.84. The maximum atomic E-state index is 9.35. The lowest BCUT2D eigenvalue weighted by Gasteiger charge is -2.24. The molecule has 16 heavy (non-hydrogen) atoms. The van der Waals surface area contributed by atoms with Gasteiger partial charge in [-0.15, -0.1) is 0 Å². The van der Waals surface area contributed by atoms with Crippen LogP contribution in [0.2, 0.25) is 0 Å². The molecule has 1 aliphatic rings. The number of hydrogen-bond donors (Lipinski definition) is 1. The summed E-state index contributed by atoms with van der Waals surface area (Å²) >= 11 is 0. The van der Waals surface area contributed by atoms with Crippen molar-refractivity contribution in [2.75, 3.05) is 13.7 Å². The van der Waals surface area contributed by atoms with Crippen LogP contribution in [0.25, 0.3) is 0 Å². The summed E-state index contributed by atoms with van der Waals surface area (Å²) in [6, 6.07) is 4.23. The minimum absolute atomic E-state index is 0.169. The van der Waals surface area contributed by atoms with Gasteiger partial charge in [-0.3, -0.25) is 0 Å². The Morgan fingerprint density at radius 3 is 2.75 bits per heavy atom. The highest BCUT2D eigenvalue weighted by atomic mass is 16.5. The number of rotatable bonds is 3. The van der Waals surface area contributed by atoms with Crippen LogP contribution in [0.4, 0.5) is 0 Å². The zero-order valence-corrected chi connectivity index (χ0v) is 10.1. The second kappa shape index (κ2) is 4.88. The van der Waals surface area contributed by atoms with Crippen molar-refractivity contribution >= 4 is 0 Å². The van der Waals surface area contributed by atoms with E-state index in [0.29, 0.717) is 0 Å². The smallest absolute Gasteiger partial charge is 0.122 e. The molecule has 1 aliphatic carbocycles. The van der Waals surface area contributed by atoms with Gasteiger partial charge in [0.25, 0.3) is 0 Å². The molecule has 1 N–H and O–H groups in total. The average molecular weight is 220 g/mol. The van der Waals surface area contributed by atoms with Crippen LogP contribution < -0.4 is 4.74 Å². The van der Waals surface area contributed by atoms with E-state index in [0.717, 1.165) is 12.2 Å². The number of aliphatic hydroxyl groups is 1. The van der Waals surface area contributed by atoms with Gasteiger partial charge in [0.2, 0.25) is 0 Å². The highest BCUT2D eigenvalue weighted by molar-refractivity contribution is 5.48. The summed E-state index contributed by atoms with van der Waals surface area (Å²) in [5.74, 6) is 1.10. The minimum Gasteiger partial charge on any atom is -0.496 e. The molecule has 0 fully saturated rings. The number of aliphatic hydroxyl groups excluding tert-OH is 1. The fraction of sp³-hybridized carbons (Fsp3) is 0.571. The topological polar surface area (TPSA) is 29.5 Å². The molecule has 0 saturated heterocycles. The fourth-order valence-electron chi connectivity index (χ4n) is 2.64. The van der Waals surface area contributed by atoms with Crippen LogP contribution in [0.3, 0.4) is 0 Å². The summed E-state index contributed by atoms with van der Waals surface area (Å²) in [6.07, 6.45) is 4.84. The predicted octanol–water partition coefficient (Wildman–Crippen LogP) is 2.67. The Morgan fingerprint density at radius 1 is 1.31 bits per heavy atom. The van der Waals surface area contributed by atoms with Gasteiger partial charge in [-0.2, -0.15) is 0 Å². The van der Waals surface area contributed by atoms with Crippen molar-refractivity contribution in [1.82, 2.24) is 0 Å². The average Bonchev–Trinajstić information content (AvgIpc) is 2.36. The van der Waals surface area contributed by atoms with E-state index in [1.54, 1.807) is 7.11 Å². The molecule has 2 heteroatoms. The molecule has 88 valence electrons. The molecule has 0 bridgehead atoms. The van der Waals surface area contributed by atoms with Gasteiger partial charge in [-0.25, -0.2) is 0 Å². The predicted molar refractivity (Wildman–Crippen MR) is 65.1 cm³/mol. The van der Waals surface area contributed by atoms with Crippen LogP contribution in [0.1, 0.15) is 42.4 Å². The van der Waals surface area contributed by atoms with Crippen molar-refractivity contribution < 1.29 is 9.84 Å². The van der Waals surface area contributed by atoms with Crippen LogP contribution in [0.5, 0.6) is 5.75 Å². The molecule has 1 aromatic rings. The molecule has 0 spiro atoms. The number of aryl methyl sites for hydroxylation is 1. The normalized spacial score (nSPS) is 16.7. The lowest BCUT2D eigenvalue weighted by molar-refractivity contribution is 0.269. The van der Waals surface area contributed by atoms with E-state index in [9.17, 15) is 5.11 Å². The summed E-state index contributed by atoms with van der Waals surface area (Å²) < 4.78 is 5.42. The number of hydrogen-bond acceptors (Lipinski definition) is 2. The molecule has 2 rings (SSSR count). The second-order valence-corrected chi connectivity index (χ2v) is 4.61. The SMILES string of the molecule is COc1ccc2c(c1C(C)CO)CCCC2. The van der Waals surface area contributed by atoms with E-state index in [-0.39, 0.29) is 12.5 Å². The molecule has 0 heterocycles. The van der Waals surface area contributed by atoms with Gasteiger partial charge in [0.15, 0.2) is 0 Å². The molecular formula is C14H20O2. The van der Waals surface area contributed by atoms with Crippen molar-refractivity contribution in [3.63, 3.8) is 0 Å². The lowest BCUT2D eigenvalue weighted by Crippen LogP contribution is -2.12. The van der Waals surface area contributed by atoms with Crippen molar-refractivity contribution in [2.45, 2.75) is 38.5 Å². The van der Waals surface area contributed by atoms with E-state index in [1.165, 1.54) is 36.0 Å². The first-order valence-electron chi connectivity index (χ1n) is 6.07. The van der Waals surface area contributed by atoms with Crippen molar-refractivity contribution in [3.8, 4) is 5.75 Å². The van der Waals surface area contributed by atoms with Crippen LogP contribution in [0.15, 0.2) is 12.1 Å². The quantitative estimate of drug-likeness (QED) is 0.848. The van der Waals surface area contributed by atoms with Crippen molar-refractivity contribution in [1.29, 1.82) is 0 Å². The van der Waals surface area contributed by atoms with Crippen molar-refractivity contribution in [3.05, 3.63) is 28.8 Å². The maximum absolute atomic E-state index is 9.35. The number of ether oxygens (including phenoxy) is 1. The van der Waals surface area contributed by atoms with Gasteiger partial charge >= 0.3 is 0 Å². The fourth-order valence-corrected chi connectivity index (χ4v) is 2.64. The standard InChI is InChI=1S/C14H20O2/c1-10(9-15)14-12-6-4-3-5-11(12)7-8-13(14)16-2/h7-8,10,15H,3-6,9H2,1-2H3. The zero-order valence-electron chi connectivity index (χ0n) is 10.1. The summed E-state index contributed by atoms with van der Waals surface area (Å²) in [7, 11) is 1.71. The summed E-state index contributed by atoms with van der Waals surface area (Å²) in [5.41, 5.74) is 4.09. The van der Waals surface area contributed by atoms with E-state index in [1.807, 2.05) is 6.07 Å². The molecule has 0 saturated carbocycles. The van der Waals surface area contributed by atoms with Gasteiger partial charge < -0.3 is 9.84 Å². The first-order chi connectivity index (χ1) is 7.77. The van der Waals surface area contributed by atoms with Gasteiger partial charge in [0.05, 0.1) is 7.11 Å². The highest BCUT2D eigenvalue weighted by Gasteiger charge is 2.20. The van der Waals surface area contributed by atoms with Crippen molar-refractivity contribution in [2.24, 2.45) is 0 Å². The molecule has 2 nitrogen and oxygen atoms in total. The Bertz CT molecular complexity index is 371. The molecule has 0 amide bonds. The van der Waals surface area contributed by atoms with E-state index in [2.05, 4.69) is 13.0 Å². The van der Waals surface area contributed by atoms with E-state index < -0.39 is 0 Å². The Kier molecular flexibility index (Phi) is 3.49. The van der Waals surface area contributed by atoms with Gasteiger partial charge in [0.1, 0.15) is 5.75 Å². The zero-order chi connectivity index (χ0) is 11.5. The summed E-state index contributed by atoms with van der Waals surface area (Å²) in [6.45, 7) is 2.25. The Hall–Kier alpha value is -1.02. The van der Waals surface area contributed by atoms with Crippen LogP contribution >= 0.6 is 0 Å². The molecule has 1 aromatic carbocycles. The number of benzene rings is 1. The Balaban J connectivity index is 2.51. The van der Waals surface area contributed by atoms with Gasteiger partial charge in [-0.1, -0.05) is 13.0 Å². The molecule has 0 radical (unpaired) electrons. The van der Waals surface area contributed by atoms with Gasteiger partial charge in [0, 0.05) is 18.1 Å². The molecule has 0 aliphatic heterocycles. The van der Waals surface area contributed by atoms with Crippen LogP contribution in [-0.2, 0) is 12.8 Å². The number of fused-ring (bicyclic) bond motifs is 1. The third-order valence-corrected chi connectivity index (χ3v) is 3.52. The number of methoxy groups -OCH3 is 1. The highest BCUT2D eigenvalue weighted by Crippen LogP contribution is 2.35. The third-order valence-electron chi connectivity index (χ3n) is 3.52. The molecule has 1 unspecified atom stereocenters. The monoisotopic (exact) mass is 220 g/mol. The first-order valence-corrected chi connectivity index (χ1v) is 6.07. The van der Waals surface area contributed by atoms with Crippen LogP contribution in [-0.4, -0.2) is 18.8 Å². The van der Waals surface area contributed by atoms with E-state index >= 15 is 0 Å². The van der Waals surface area contributed by atoms with Gasteiger partial charge in [-0.05, 0) is 42.9 Å². The molecular weight excluding hydrogens is 200 g/mol. The Morgan fingerprint density at radius 2 is 2.06 bits per heavy atom. The molecule has 0 aromatic heterocycles. The first kappa shape index (κ1) is 11.5. The Labute approximate surface area is 97.3 Å². The second-order valence-electron chi connectivity index (χ2n) is 4.61. The van der Waals surface area contributed by atoms with E-state index in [4.69, 9.17) is 4.74 Å². The summed E-state index contributed by atoms with van der Waals surface area (Å²) in [4.78, 5) is 0. The van der Waals surface area contributed by atoms with Crippen LogP contribution in [0, 0.1) is 0 Å². The molecule has 1 atom stereocenters. The minimum atomic E-state index is 0.169. The maximum Gasteiger partial charge on any atom is 0.122 e.